The second-order valence-electron chi connectivity index (χ2n) is 4.24. The molecule has 0 radical (unpaired) electrons. The van der Waals surface area contributed by atoms with Gasteiger partial charge in [-0.25, -0.2) is 4.39 Å². The van der Waals surface area contributed by atoms with Gasteiger partial charge in [-0.05, 0) is 53.1 Å². The molecule has 19 heavy (non-hydrogen) atoms. The molecule has 1 heterocycles. The molecular formula is C14H15FN2OS. The highest BCUT2D eigenvalue weighted by molar-refractivity contribution is 7.08. The molecule has 1 aromatic heterocycles. The highest BCUT2D eigenvalue weighted by atomic mass is 32.1. The fourth-order valence-electron chi connectivity index (χ4n) is 1.62. The van der Waals surface area contributed by atoms with Gasteiger partial charge < -0.3 is 10.6 Å². The Bertz CT molecular complexity index is 551. The molecule has 0 aliphatic rings. The smallest absolute Gasteiger partial charge is 0.238 e. The number of anilines is 1. The van der Waals surface area contributed by atoms with Crippen LogP contribution in [0.25, 0.3) is 0 Å². The molecule has 2 N–H and O–H groups in total. The van der Waals surface area contributed by atoms with Crippen molar-refractivity contribution in [1.82, 2.24) is 5.32 Å². The van der Waals surface area contributed by atoms with Gasteiger partial charge in [-0.1, -0.05) is 0 Å². The molecule has 0 saturated heterocycles. The number of hydrogen-bond donors (Lipinski definition) is 2. The molecule has 3 nitrogen and oxygen atoms in total. The van der Waals surface area contributed by atoms with Crippen molar-refractivity contribution in [2.75, 3.05) is 11.9 Å². The lowest BCUT2D eigenvalue weighted by atomic mass is 10.2. The Balaban J connectivity index is 1.76. The topological polar surface area (TPSA) is 41.1 Å². The zero-order valence-corrected chi connectivity index (χ0v) is 11.4. The van der Waals surface area contributed by atoms with E-state index >= 15 is 0 Å². The lowest BCUT2D eigenvalue weighted by Gasteiger charge is -2.06. The molecule has 2 aromatic rings. The molecule has 0 bridgehead atoms. The molecule has 0 saturated carbocycles. The van der Waals surface area contributed by atoms with Gasteiger partial charge in [0, 0.05) is 12.2 Å². The van der Waals surface area contributed by atoms with E-state index in [2.05, 4.69) is 21.4 Å². The van der Waals surface area contributed by atoms with Crippen LogP contribution in [0, 0.1) is 12.7 Å². The third-order valence-electron chi connectivity index (χ3n) is 2.69. The van der Waals surface area contributed by atoms with Crippen molar-refractivity contribution in [2.45, 2.75) is 13.5 Å². The van der Waals surface area contributed by atoms with Crippen LogP contribution in [0.1, 0.15) is 11.1 Å². The summed E-state index contributed by atoms with van der Waals surface area (Å²) in [5.41, 5.74) is 3.04. The minimum atomic E-state index is -0.316. The largest absolute Gasteiger partial charge is 0.325 e. The van der Waals surface area contributed by atoms with Crippen LogP contribution in [0.3, 0.4) is 0 Å². The van der Waals surface area contributed by atoms with Gasteiger partial charge in [-0.15, -0.1) is 0 Å². The van der Waals surface area contributed by atoms with Crippen molar-refractivity contribution in [3.8, 4) is 0 Å². The number of carbonyl (C=O) groups excluding carboxylic acids is 1. The number of nitrogens with one attached hydrogen (secondary N) is 2. The average molecular weight is 278 g/mol. The number of benzene rings is 1. The number of rotatable bonds is 5. The van der Waals surface area contributed by atoms with E-state index in [1.54, 1.807) is 11.3 Å². The van der Waals surface area contributed by atoms with Crippen LogP contribution in [0.15, 0.2) is 35.0 Å². The van der Waals surface area contributed by atoms with Gasteiger partial charge in [-0.3, -0.25) is 4.79 Å². The summed E-state index contributed by atoms with van der Waals surface area (Å²) in [6.07, 6.45) is 0. The quantitative estimate of drug-likeness (QED) is 0.883. The summed E-state index contributed by atoms with van der Waals surface area (Å²) in [6.45, 7) is 2.95. The van der Waals surface area contributed by atoms with Gasteiger partial charge in [0.15, 0.2) is 0 Å². The molecule has 0 unspecified atom stereocenters. The number of carbonyl (C=O) groups is 1. The lowest BCUT2D eigenvalue weighted by molar-refractivity contribution is -0.115. The number of halogens is 1. The van der Waals surface area contributed by atoms with Crippen molar-refractivity contribution in [3.63, 3.8) is 0 Å². The van der Waals surface area contributed by atoms with Crippen molar-refractivity contribution < 1.29 is 9.18 Å². The van der Waals surface area contributed by atoms with E-state index in [0.29, 0.717) is 12.2 Å². The molecule has 5 heteroatoms. The molecular weight excluding hydrogens is 263 g/mol. The van der Waals surface area contributed by atoms with E-state index in [1.807, 2.05) is 6.92 Å². The predicted molar refractivity (Wildman–Crippen MR) is 75.8 cm³/mol. The maximum absolute atomic E-state index is 12.7. The lowest BCUT2D eigenvalue weighted by Crippen LogP contribution is -2.27. The molecule has 0 spiro atoms. The summed E-state index contributed by atoms with van der Waals surface area (Å²) >= 11 is 1.65. The first-order valence-corrected chi connectivity index (χ1v) is 6.87. The highest BCUT2D eigenvalue weighted by Crippen LogP contribution is 2.13. The van der Waals surface area contributed by atoms with Gasteiger partial charge in [0.2, 0.25) is 5.91 Å². The number of thiophene rings is 1. The van der Waals surface area contributed by atoms with Crippen LogP contribution in [0.2, 0.25) is 0 Å². The Morgan fingerprint density at radius 1 is 1.26 bits per heavy atom. The predicted octanol–water partition coefficient (Wildman–Crippen LogP) is 2.92. The van der Waals surface area contributed by atoms with E-state index < -0.39 is 0 Å². The minimum absolute atomic E-state index is 0.139. The molecule has 100 valence electrons. The first-order valence-electron chi connectivity index (χ1n) is 5.93. The van der Waals surface area contributed by atoms with Gasteiger partial charge >= 0.3 is 0 Å². The SMILES string of the molecule is Cc1cscc1CNCC(=O)Nc1ccc(F)cc1. The van der Waals surface area contributed by atoms with Gasteiger partial charge in [0.05, 0.1) is 6.54 Å². The van der Waals surface area contributed by atoms with E-state index in [4.69, 9.17) is 0 Å². The zero-order valence-electron chi connectivity index (χ0n) is 10.6. The van der Waals surface area contributed by atoms with Crippen LogP contribution in [-0.2, 0) is 11.3 Å². The number of aryl methyl sites for hydroxylation is 1. The fraction of sp³-hybridized carbons (Fsp3) is 0.214. The summed E-state index contributed by atoms with van der Waals surface area (Å²) in [4.78, 5) is 11.6. The molecule has 1 amide bonds. The van der Waals surface area contributed by atoms with Crippen LogP contribution < -0.4 is 10.6 Å². The summed E-state index contributed by atoms with van der Waals surface area (Å²) in [7, 11) is 0. The average Bonchev–Trinajstić information content (AvgIpc) is 2.78. The minimum Gasteiger partial charge on any atom is -0.325 e. The van der Waals surface area contributed by atoms with Crippen LogP contribution in [0.4, 0.5) is 10.1 Å². The van der Waals surface area contributed by atoms with Crippen molar-refractivity contribution >= 4 is 22.9 Å². The molecule has 2 rings (SSSR count). The maximum Gasteiger partial charge on any atom is 0.238 e. The Morgan fingerprint density at radius 3 is 2.63 bits per heavy atom. The number of amides is 1. The van der Waals surface area contributed by atoms with E-state index in [0.717, 1.165) is 0 Å². The second-order valence-corrected chi connectivity index (χ2v) is 4.98. The van der Waals surface area contributed by atoms with E-state index in [-0.39, 0.29) is 18.3 Å². The van der Waals surface area contributed by atoms with Gasteiger partial charge in [-0.2, -0.15) is 11.3 Å². The first kappa shape index (κ1) is 13.7. The third-order valence-corrected chi connectivity index (χ3v) is 3.60. The van der Waals surface area contributed by atoms with Gasteiger partial charge in [0.1, 0.15) is 5.82 Å². The zero-order chi connectivity index (χ0) is 13.7. The Morgan fingerprint density at radius 2 is 2.00 bits per heavy atom. The molecule has 0 atom stereocenters. The van der Waals surface area contributed by atoms with E-state index in [1.165, 1.54) is 35.4 Å². The summed E-state index contributed by atoms with van der Waals surface area (Å²) in [5.74, 6) is -0.455. The Kier molecular flexibility index (Phi) is 4.65. The van der Waals surface area contributed by atoms with E-state index in [9.17, 15) is 9.18 Å². The first-order chi connectivity index (χ1) is 9.15. The van der Waals surface area contributed by atoms with Crippen LogP contribution in [-0.4, -0.2) is 12.5 Å². The summed E-state index contributed by atoms with van der Waals surface area (Å²) in [5, 5.41) is 9.93. The molecule has 1 aromatic carbocycles. The van der Waals surface area contributed by atoms with Crippen LogP contribution in [0.5, 0.6) is 0 Å². The summed E-state index contributed by atoms with van der Waals surface area (Å²) < 4.78 is 12.7. The fourth-order valence-corrected chi connectivity index (χ4v) is 2.47. The maximum atomic E-state index is 12.7. The van der Waals surface area contributed by atoms with Crippen molar-refractivity contribution in [2.24, 2.45) is 0 Å². The third kappa shape index (κ3) is 4.15. The highest BCUT2D eigenvalue weighted by Gasteiger charge is 2.03. The van der Waals surface area contributed by atoms with Gasteiger partial charge in [0.25, 0.3) is 0 Å². The van der Waals surface area contributed by atoms with Crippen LogP contribution >= 0.6 is 11.3 Å². The molecule has 0 aliphatic heterocycles. The van der Waals surface area contributed by atoms with Crippen molar-refractivity contribution in [1.29, 1.82) is 0 Å². The monoisotopic (exact) mass is 278 g/mol. The Labute approximate surface area is 115 Å². The summed E-state index contributed by atoms with van der Waals surface area (Å²) in [6, 6.07) is 5.71. The van der Waals surface area contributed by atoms with Crippen molar-refractivity contribution in [3.05, 3.63) is 52.0 Å². The standard InChI is InChI=1S/C14H15FN2OS/c1-10-8-19-9-11(10)6-16-7-14(18)17-13-4-2-12(15)3-5-13/h2-5,8-9,16H,6-7H2,1H3,(H,17,18). The normalized spacial score (nSPS) is 10.4. The molecule has 0 fully saturated rings. The Hall–Kier alpha value is -1.72. The second kappa shape index (κ2) is 6.45. The number of hydrogen-bond acceptors (Lipinski definition) is 3. The molecule has 0 aliphatic carbocycles.